The summed E-state index contributed by atoms with van der Waals surface area (Å²) in [6.45, 7) is 1.81. The number of fused-ring (bicyclic) bond motifs is 1. The number of pyridine rings is 1. The van der Waals surface area contributed by atoms with Crippen molar-refractivity contribution in [3.8, 4) is 16.9 Å². The van der Waals surface area contributed by atoms with E-state index < -0.39 is 10.9 Å². The van der Waals surface area contributed by atoms with Gasteiger partial charge in [-0.05, 0) is 25.1 Å². The molecule has 0 saturated heterocycles. The zero-order valence-electron chi connectivity index (χ0n) is 14.7. The van der Waals surface area contributed by atoms with Gasteiger partial charge in [-0.25, -0.2) is 4.79 Å². The van der Waals surface area contributed by atoms with Gasteiger partial charge in [0.15, 0.2) is 6.29 Å². The van der Waals surface area contributed by atoms with Gasteiger partial charge in [0.05, 0.1) is 35.4 Å². The summed E-state index contributed by atoms with van der Waals surface area (Å²) >= 11 is 0. The van der Waals surface area contributed by atoms with E-state index in [1.165, 1.54) is 25.3 Å². The molecule has 0 aliphatic rings. The monoisotopic (exact) mass is 368 g/mol. The van der Waals surface area contributed by atoms with E-state index in [2.05, 4.69) is 0 Å². The molecule has 0 aliphatic carbocycles. The molecule has 0 amide bonds. The second kappa shape index (κ2) is 7.28. The lowest BCUT2D eigenvalue weighted by Crippen LogP contribution is -2.06. The minimum absolute atomic E-state index is 0.144. The van der Waals surface area contributed by atoms with Gasteiger partial charge in [0, 0.05) is 29.5 Å². The van der Waals surface area contributed by atoms with E-state index in [1.807, 2.05) is 0 Å². The number of ether oxygens (including phenoxy) is 2. The Labute approximate surface area is 154 Å². The molecule has 0 saturated carbocycles. The zero-order valence-corrected chi connectivity index (χ0v) is 14.7. The number of benzene rings is 1. The molecule has 0 fully saturated rings. The highest BCUT2D eigenvalue weighted by atomic mass is 16.6. The zero-order chi connectivity index (χ0) is 19.6. The fourth-order valence-electron chi connectivity index (χ4n) is 3.04. The Morgan fingerprint density at radius 2 is 2.07 bits per heavy atom. The van der Waals surface area contributed by atoms with Gasteiger partial charge in [-0.15, -0.1) is 0 Å². The van der Waals surface area contributed by atoms with Crippen molar-refractivity contribution >= 4 is 23.5 Å². The second-order valence-corrected chi connectivity index (χ2v) is 5.57. The van der Waals surface area contributed by atoms with Gasteiger partial charge in [0.1, 0.15) is 5.75 Å². The topological polar surface area (TPSA) is 100 Å². The van der Waals surface area contributed by atoms with Crippen molar-refractivity contribution in [3.05, 3.63) is 64.0 Å². The molecule has 27 heavy (non-hydrogen) atoms. The van der Waals surface area contributed by atoms with Crippen LogP contribution < -0.4 is 4.74 Å². The molecule has 1 aromatic carbocycles. The van der Waals surface area contributed by atoms with Crippen LogP contribution in [0, 0.1) is 10.1 Å². The maximum atomic E-state index is 12.7. The molecule has 8 heteroatoms. The summed E-state index contributed by atoms with van der Waals surface area (Å²) in [5, 5.41) is 11.2. The number of methoxy groups -OCH3 is 1. The second-order valence-electron chi connectivity index (χ2n) is 5.57. The Morgan fingerprint density at radius 1 is 1.30 bits per heavy atom. The van der Waals surface area contributed by atoms with Crippen molar-refractivity contribution in [1.29, 1.82) is 0 Å². The number of carbonyl (C=O) groups is 2. The van der Waals surface area contributed by atoms with Crippen LogP contribution in [0.2, 0.25) is 0 Å². The predicted octanol–water partition coefficient (Wildman–Crippen LogP) is 3.51. The molecule has 2 heterocycles. The number of nitrogens with zero attached hydrogens (tertiary/aromatic N) is 2. The van der Waals surface area contributed by atoms with E-state index in [4.69, 9.17) is 9.47 Å². The number of aldehydes is 1. The van der Waals surface area contributed by atoms with Gasteiger partial charge in [-0.1, -0.05) is 6.07 Å². The molecule has 0 atom stereocenters. The number of nitro benzene ring substituents is 1. The van der Waals surface area contributed by atoms with E-state index in [0.717, 1.165) is 0 Å². The summed E-state index contributed by atoms with van der Waals surface area (Å²) in [7, 11) is 1.41. The first-order valence-corrected chi connectivity index (χ1v) is 8.11. The lowest BCUT2D eigenvalue weighted by Gasteiger charge is -2.10. The summed E-state index contributed by atoms with van der Waals surface area (Å²) < 4.78 is 12.0. The van der Waals surface area contributed by atoms with Crippen LogP contribution in [0.3, 0.4) is 0 Å². The predicted molar refractivity (Wildman–Crippen MR) is 97.4 cm³/mol. The number of non-ortho nitro benzene ring substituents is 1. The van der Waals surface area contributed by atoms with Gasteiger partial charge in [-0.3, -0.25) is 14.9 Å². The van der Waals surface area contributed by atoms with Crippen LogP contribution in [0.25, 0.3) is 16.6 Å². The van der Waals surface area contributed by atoms with Crippen LogP contribution in [-0.4, -0.2) is 35.3 Å². The van der Waals surface area contributed by atoms with Crippen molar-refractivity contribution in [1.82, 2.24) is 4.40 Å². The highest BCUT2D eigenvalue weighted by Crippen LogP contribution is 2.40. The average Bonchev–Trinajstić information content (AvgIpc) is 3.01. The molecule has 2 aromatic heterocycles. The largest absolute Gasteiger partial charge is 0.496 e. The molecular weight excluding hydrogens is 352 g/mol. The molecule has 3 aromatic rings. The third-order valence-electron chi connectivity index (χ3n) is 4.14. The van der Waals surface area contributed by atoms with Crippen LogP contribution in [0.15, 0.2) is 42.6 Å². The summed E-state index contributed by atoms with van der Waals surface area (Å²) in [5.74, 6) is -0.331. The molecule has 8 nitrogen and oxygen atoms in total. The summed E-state index contributed by atoms with van der Waals surface area (Å²) in [6, 6.07) is 9.11. The molecule has 3 rings (SSSR count). The molecule has 0 unspecified atom stereocenters. The Morgan fingerprint density at radius 3 is 2.70 bits per heavy atom. The van der Waals surface area contributed by atoms with Gasteiger partial charge in [0.2, 0.25) is 0 Å². The average molecular weight is 368 g/mol. The van der Waals surface area contributed by atoms with Crippen LogP contribution in [-0.2, 0) is 4.74 Å². The molecule has 0 N–H and O–H groups in total. The highest BCUT2D eigenvalue weighted by molar-refractivity contribution is 6.10. The van der Waals surface area contributed by atoms with Crippen molar-refractivity contribution in [2.24, 2.45) is 0 Å². The Balaban J connectivity index is 2.45. The number of nitro groups is 1. The summed E-state index contributed by atoms with van der Waals surface area (Å²) in [4.78, 5) is 35.2. The van der Waals surface area contributed by atoms with E-state index >= 15 is 0 Å². The number of hydrogen-bond donors (Lipinski definition) is 0. The number of esters is 1. The lowest BCUT2D eigenvalue weighted by atomic mass is 9.99. The van der Waals surface area contributed by atoms with Crippen molar-refractivity contribution in [2.75, 3.05) is 13.7 Å². The first kappa shape index (κ1) is 18.1. The fourth-order valence-corrected chi connectivity index (χ4v) is 3.04. The summed E-state index contributed by atoms with van der Waals surface area (Å²) in [6.07, 6.45) is 2.23. The standard InChI is InChI=1S/C19H16N2O6/c1-3-27-19(23)18-14-6-4-5-9-20(14)15(11-22)17(18)13-10-12(21(24)25)7-8-16(13)26-2/h4-11H,3H2,1-2H3. The Kier molecular flexibility index (Phi) is 4.89. The normalized spacial score (nSPS) is 10.6. The van der Waals surface area contributed by atoms with Gasteiger partial charge >= 0.3 is 5.97 Å². The molecule has 0 radical (unpaired) electrons. The molecule has 0 aliphatic heterocycles. The lowest BCUT2D eigenvalue weighted by molar-refractivity contribution is -0.384. The maximum Gasteiger partial charge on any atom is 0.340 e. The Hall–Kier alpha value is -3.68. The summed E-state index contributed by atoms with van der Waals surface area (Å²) in [5.41, 5.74) is 1.09. The molecule has 0 spiro atoms. The molecule has 138 valence electrons. The minimum atomic E-state index is -0.627. The van der Waals surface area contributed by atoms with Crippen molar-refractivity contribution in [3.63, 3.8) is 0 Å². The van der Waals surface area contributed by atoms with Crippen molar-refractivity contribution in [2.45, 2.75) is 6.92 Å². The Bertz CT molecular complexity index is 1050. The van der Waals surface area contributed by atoms with E-state index in [1.54, 1.807) is 35.7 Å². The minimum Gasteiger partial charge on any atom is -0.496 e. The first-order chi connectivity index (χ1) is 13.0. The van der Waals surface area contributed by atoms with Gasteiger partial charge < -0.3 is 13.9 Å². The number of carbonyl (C=O) groups excluding carboxylic acids is 2. The maximum absolute atomic E-state index is 12.7. The van der Waals surface area contributed by atoms with E-state index in [0.29, 0.717) is 17.6 Å². The fraction of sp³-hybridized carbons (Fsp3) is 0.158. The highest BCUT2D eigenvalue weighted by Gasteiger charge is 2.28. The smallest absolute Gasteiger partial charge is 0.340 e. The van der Waals surface area contributed by atoms with Gasteiger partial charge in [0.25, 0.3) is 5.69 Å². The van der Waals surface area contributed by atoms with Crippen LogP contribution in [0.5, 0.6) is 5.75 Å². The third-order valence-corrected chi connectivity index (χ3v) is 4.14. The number of rotatable bonds is 6. The SMILES string of the molecule is CCOC(=O)c1c(-c2cc([N+](=O)[O-])ccc2OC)c(C=O)n2ccccc12. The molecular formula is C19H16N2O6. The number of aromatic nitrogens is 1. The van der Waals surface area contributed by atoms with Crippen LogP contribution >= 0.6 is 0 Å². The quantitative estimate of drug-likeness (QED) is 0.286. The van der Waals surface area contributed by atoms with E-state index in [9.17, 15) is 19.7 Å². The van der Waals surface area contributed by atoms with Crippen molar-refractivity contribution < 1.29 is 24.0 Å². The van der Waals surface area contributed by atoms with Gasteiger partial charge in [-0.2, -0.15) is 0 Å². The third kappa shape index (κ3) is 3.01. The number of hydrogen-bond acceptors (Lipinski definition) is 6. The van der Waals surface area contributed by atoms with E-state index in [-0.39, 0.29) is 34.7 Å². The van der Waals surface area contributed by atoms with Crippen LogP contribution in [0.4, 0.5) is 5.69 Å². The molecule has 0 bridgehead atoms. The first-order valence-electron chi connectivity index (χ1n) is 8.11. The van der Waals surface area contributed by atoms with Crippen LogP contribution in [0.1, 0.15) is 27.8 Å².